The van der Waals surface area contributed by atoms with Crippen LogP contribution in [0, 0.1) is 12.8 Å². The first-order valence-electron chi connectivity index (χ1n) is 10.4. The van der Waals surface area contributed by atoms with Gasteiger partial charge in [-0.1, -0.05) is 23.8 Å². The van der Waals surface area contributed by atoms with Gasteiger partial charge < -0.3 is 19.7 Å². The number of benzene rings is 2. The van der Waals surface area contributed by atoms with E-state index in [1.54, 1.807) is 19.1 Å². The molecular weight excluding hydrogens is 380 g/mol. The lowest BCUT2D eigenvalue weighted by Gasteiger charge is -2.32. The second kappa shape index (κ2) is 10.1. The summed E-state index contributed by atoms with van der Waals surface area (Å²) in [6.07, 6.45) is 2.34. The molecule has 1 heterocycles. The van der Waals surface area contributed by atoms with Gasteiger partial charge in [-0.3, -0.25) is 9.59 Å². The molecule has 2 aromatic rings. The summed E-state index contributed by atoms with van der Waals surface area (Å²) >= 11 is 0. The van der Waals surface area contributed by atoms with Crippen LogP contribution in [0.4, 0.5) is 0 Å². The predicted molar refractivity (Wildman–Crippen MR) is 116 cm³/mol. The molecule has 30 heavy (non-hydrogen) atoms. The average Bonchev–Trinajstić information content (AvgIpc) is 2.78. The number of carbonyl (C=O) groups is 2. The summed E-state index contributed by atoms with van der Waals surface area (Å²) in [6, 6.07) is 13.4. The Bertz CT molecular complexity index is 897. The Morgan fingerprint density at radius 3 is 2.63 bits per heavy atom. The molecule has 1 saturated heterocycles. The van der Waals surface area contributed by atoms with E-state index in [2.05, 4.69) is 5.32 Å². The number of aryl methyl sites for hydroxylation is 1. The van der Waals surface area contributed by atoms with Gasteiger partial charge in [-0.15, -0.1) is 0 Å². The summed E-state index contributed by atoms with van der Waals surface area (Å²) in [4.78, 5) is 27.3. The number of nitrogens with zero attached hydrogens (tertiary/aromatic N) is 1. The fraction of sp³-hybridized carbons (Fsp3) is 0.417. The number of carbonyl (C=O) groups excluding carboxylic acids is 2. The fourth-order valence-electron chi connectivity index (χ4n) is 3.85. The maximum absolute atomic E-state index is 12.8. The lowest BCUT2D eigenvalue weighted by atomic mass is 9.96. The zero-order valence-corrected chi connectivity index (χ0v) is 17.9. The van der Waals surface area contributed by atoms with E-state index in [0.717, 1.165) is 24.0 Å². The number of hydrogen-bond donors (Lipinski definition) is 1. The van der Waals surface area contributed by atoms with E-state index in [4.69, 9.17) is 9.47 Å². The molecular formula is C24H30N2O4. The molecule has 6 heteroatoms. The van der Waals surface area contributed by atoms with Gasteiger partial charge in [0.15, 0.2) is 11.5 Å². The van der Waals surface area contributed by atoms with Crippen LogP contribution < -0.4 is 14.8 Å². The van der Waals surface area contributed by atoms with Gasteiger partial charge in [-0.2, -0.15) is 0 Å². The largest absolute Gasteiger partial charge is 0.493 e. The van der Waals surface area contributed by atoms with Crippen molar-refractivity contribution in [2.45, 2.75) is 26.2 Å². The van der Waals surface area contributed by atoms with Crippen LogP contribution in [-0.4, -0.2) is 50.6 Å². The van der Waals surface area contributed by atoms with E-state index in [0.29, 0.717) is 43.1 Å². The Kier molecular flexibility index (Phi) is 7.33. The molecule has 160 valence electrons. The summed E-state index contributed by atoms with van der Waals surface area (Å²) < 4.78 is 10.6. The Labute approximate surface area is 178 Å². The average molecular weight is 411 g/mol. The highest BCUT2D eigenvalue weighted by atomic mass is 16.5. The summed E-state index contributed by atoms with van der Waals surface area (Å²) in [7, 11) is 3.21. The molecule has 0 aliphatic carbocycles. The van der Waals surface area contributed by atoms with E-state index in [9.17, 15) is 9.59 Å². The molecule has 0 aromatic heterocycles. The van der Waals surface area contributed by atoms with Crippen LogP contribution in [0.3, 0.4) is 0 Å². The van der Waals surface area contributed by atoms with Crippen molar-refractivity contribution in [3.05, 3.63) is 59.2 Å². The molecule has 2 aromatic carbocycles. The highest BCUT2D eigenvalue weighted by molar-refractivity contribution is 5.95. The molecule has 0 saturated carbocycles. The predicted octanol–water partition coefficient (Wildman–Crippen LogP) is 3.22. The van der Waals surface area contributed by atoms with Gasteiger partial charge in [0.2, 0.25) is 5.91 Å². The molecule has 2 amide bonds. The van der Waals surface area contributed by atoms with Crippen molar-refractivity contribution >= 4 is 11.8 Å². The van der Waals surface area contributed by atoms with Gasteiger partial charge in [0, 0.05) is 25.2 Å². The van der Waals surface area contributed by atoms with E-state index < -0.39 is 0 Å². The maximum Gasteiger partial charge on any atom is 0.253 e. The topological polar surface area (TPSA) is 67.9 Å². The van der Waals surface area contributed by atoms with Crippen molar-refractivity contribution in [1.29, 1.82) is 0 Å². The van der Waals surface area contributed by atoms with Crippen LogP contribution in [-0.2, 0) is 11.2 Å². The molecule has 1 atom stereocenters. The molecule has 0 bridgehead atoms. The molecule has 1 N–H and O–H groups in total. The number of hydrogen-bond acceptors (Lipinski definition) is 4. The first-order valence-corrected chi connectivity index (χ1v) is 10.4. The third-order valence-corrected chi connectivity index (χ3v) is 5.51. The van der Waals surface area contributed by atoms with Crippen molar-refractivity contribution in [2.24, 2.45) is 5.92 Å². The standard InChI is InChI=1S/C24H30N2O4/c1-17-6-4-7-19(14-17)24(28)26-13-5-8-20(16-26)23(27)25-12-11-18-9-10-21(29-2)22(15-18)30-3/h4,6-7,9-10,14-15,20H,5,8,11-13,16H2,1-3H3,(H,25,27)/t20-/m0/s1. The molecule has 1 aliphatic heterocycles. The maximum atomic E-state index is 12.8. The Morgan fingerprint density at radius 1 is 1.10 bits per heavy atom. The number of likely N-dealkylation sites (tertiary alicyclic amines) is 1. The molecule has 0 unspecified atom stereocenters. The Balaban J connectivity index is 1.52. The van der Waals surface area contributed by atoms with Crippen LogP contribution in [0.5, 0.6) is 11.5 Å². The first-order chi connectivity index (χ1) is 14.5. The van der Waals surface area contributed by atoms with E-state index in [1.807, 2.05) is 49.4 Å². The Hall–Kier alpha value is -3.02. The Morgan fingerprint density at radius 2 is 1.90 bits per heavy atom. The van der Waals surface area contributed by atoms with Crippen molar-refractivity contribution in [2.75, 3.05) is 33.9 Å². The summed E-state index contributed by atoms with van der Waals surface area (Å²) in [5.41, 5.74) is 2.81. The van der Waals surface area contributed by atoms with Crippen LogP contribution in [0.15, 0.2) is 42.5 Å². The minimum atomic E-state index is -0.169. The minimum absolute atomic E-state index is 0.00141. The summed E-state index contributed by atoms with van der Waals surface area (Å²) in [6.45, 7) is 3.68. The van der Waals surface area contributed by atoms with Crippen LogP contribution >= 0.6 is 0 Å². The SMILES string of the molecule is COc1ccc(CCNC(=O)[C@H]2CCCN(C(=O)c3cccc(C)c3)C2)cc1OC. The lowest BCUT2D eigenvalue weighted by molar-refractivity contribution is -0.126. The van der Waals surface area contributed by atoms with E-state index in [1.165, 1.54) is 0 Å². The smallest absolute Gasteiger partial charge is 0.253 e. The summed E-state index contributed by atoms with van der Waals surface area (Å²) in [5.74, 6) is 1.21. The van der Waals surface area contributed by atoms with Gasteiger partial charge in [0.25, 0.3) is 5.91 Å². The third-order valence-electron chi connectivity index (χ3n) is 5.51. The van der Waals surface area contributed by atoms with Crippen molar-refractivity contribution < 1.29 is 19.1 Å². The molecule has 6 nitrogen and oxygen atoms in total. The first kappa shape index (κ1) is 21.7. The van der Waals surface area contributed by atoms with Gasteiger partial charge >= 0.3 is 0 Å². The van der Waals surface area contributed by atoms with Gasteiger partial charge in [-0.25, -0.2) is 0 Å². The molecule has 1 aliphatic rings. The molecule has 0 radical (unpaired) electrons. The quantitative estimate of drug-likeness (QED) is 0.761. The number of amides is 2. The van der Waals surface area contributed by atoms with Crippen molar-refractivity contribution in [3.8, 4) is 11.5 Å². The highest BCUT2D eigenvalue weighted by Crippen LogP contribution is 2.27. The minimum Gasteiger partial charge on any atom is -0.493 e. The van der Waals surface area contributed by atoms with Crippen molar-refractivity contribution in [3.63, 3.8) is 0 Å². The molecule has 3 rings (SSSR count). The van der Waals surface area contributed by atoms with Gasteiger partial charge in [0.1, 0.15) is 0 Å². The number of piperidine rings is 1. The van der Waals surface area contributed by atoms with Gasteiger partial charge in [-0.05, 0) is 56.0 Å². The van der Waals surface area contributed by atoms with Crippen molar-refractivity contribution in [1.82, 2.24) is 10.2 Å². The zero-order valence-electron chi connectivity index (χ0n) is 17.9. The second-order valence-corrected chi connectivity index (χ2v) is 7.69. The number of nitrogens with one attached hydrogen (secondary N) is 1. The lowest BCUT2D eigenvalue weighted by Crippen LogP contribution is -2.45. The molecule has 0 spiro atoms. The summed E-state index contributed by atoms with van der Waals surface area (Å²) in [5, 5.41) is 3.03. The van der Waals surface area contributed by atoms with E-state index >= 15 is 0 Å². The van der Waals surface area contributed by atoms with Crippen LogP contribution in [0.1, 0.15) is 34.3 Å². The normalized spacial score (nSPS) is 16.1. The highest BCUT2D eigenvalue weighted by Gasteiger charge is 2.28. The third kappa shape index (κ3) is 5.32. The number of rotatable bonds is 7. The fourth-order valence-corrected chi connectivity index (χ4v) is 3.85. The zero-order chi connectivity index (χ0) is 21.5. The van der Waals surface area contributed by atoms with Crippen LogP contribution in [0.2, 0.25) is 0 Å². The number of methoxy groups -OCH3 is 2. The van der Waals surface area contributed by atoms with E-state index in [-0.39, 0.29) is 17.7 Å². The van der Waals surface area contributed by atoms with Gasteiger partial charge in [0.05, 0.1) is 20.1 Å². The monoisotopic (exact) mass is 410 g/mol. The van der Waals surface area contributed by atoms with Crippen LogP contribution in [0.25, 0.3) is 0 Å². The molecule has 1 fully saturated rings. The number of ether oxygens (including phenoxy) is 2. The second-order valence-electron chi connectivity index (χ2n) is 7.69.